The van der Waals surface area contributed by atoms with Crippen LogP contribution in [0, 0.1) is 0 Å². The molecule has 0 aliphatic heterocycles. The zero-order valence-electron chi connectivity index (χ0n) is 14.3. The lowest BCUT2D eigenvalue weighted by molar-refractivity contribution is 0.100. The summed E-state index contributed by atoms with van der Waals surface area (Å²) < 4.78 is 1.57. The van der Waals surface area contributed by atoms with Gasteiger partial charge >= 0.3 is 0 Å². The van der Waals surface area contributed by atoms with Crippen LogP contribution < -0.4 is 0 Å². The fraction of sp³-hybridized carbons (Fsp3) is 0.100. The van der Waals surface area contributed by atoms with Crippen LogP contribution in [0.4, 0.5) is 0 Å². The zero-order valence-corrected chi connectivity index (χ0v) is 14.3. The number of nitrogens with zero attached hydrogens (tertiary/aromatic N) is 5. The van der Waals surface area contributed by atoms with Crippen LogP contribution in [0.1, 0.15) is 10.4 Å². The van der Waals surface area contributed by atoms with Gasteiger partial charge in [-0.3, -0.25) is 4.79 Å². The van der Waals surface area contributed by atoms with Crippen molar-refractivity contribution >= 4 is 22.9 Å². The molecule has 0 radical (unpaired) electrons. The maximum absolute atomic E-state index is 12.7. The van der Waals surface area contributed by atoms with Gasteiger partial charge in [0, 0.05) is 18.7 Å². The lowest BCUT2D eigenvalue weighted by Crippen LogP contribution is -2.37. The molecule has 0 aliphatic rings. The van der Waals surface area contributed by atoms with Crippen molar-refractivity contribution in [1.29, 1.82) is 0 Å². The molecule has 0 aliphatic carbocycles. The van der Waals surface area contributed by atoms with E-state index in [0.717, 1.165) is 11.0 Å². The molecule has 0 spiro atoms. The van der Waals surface area contributed by atoms with E-state index in [-0.39, 0.29) is 5.91 Å². The minimum atomic E-state index is -0.349. The van der Waals surface area contributed by atoms with E-state index in [1.54, 1.807) is 41.1 Å². The van der Waals surface area contributed by atoms with Crippen molar-refractivity contribution < 1.29 is 4.79 Å². The third-order valence-electron chi connectivity index (χ3n) is 3.75. The highest BCUT2D eigenvalue weighted by molar-refractivity contribution is 6.04. The van der Waals surface area contributed by atoms with Gasteiger partial charge in [-0.1, -0.05) is 47.7 Å². The Morgan fingerprint density at radius 1 is 1.04 bits per heavy atom. The summed E-state index contributed by atoms with van der Waals surface area (Å²) in [5, 5.41) is 8.37. The minimum absolute atomic E-state index is 0.349. The average molecular weight is 345 g/mol. The van der Waals surface area contributed by atoms with E-state index in [2.05, 4.69) is 28.5 Å². The van der Waals surface area contributed by atoms with E-state index in [1.807, 2.05) is 35.2 Å². The first-order chi connectivity index (χ1) is 12.7. The van der Waals surface area contributed by atoms with Crippen molar-refractivity contribution in [3.63, 3.8) is 0 Å². The first-order valence-corrected chi connectivity index (χ1v) is 8.20. The monoisotopic (exact) mass is 345 g/mol. The molecule has 0 N–H and O–H groups in total. The summed E-state index contributed by atoms with van der Waals surface area (Å²) in [4.78, 5) is 18.9. The summed E-state index contributed by atoms with van der Waals surface area (Å²) in [6.45, 7) is 8.54. The minimum Gasteiger partial charge on any atom is -0.333 e. The Morgan fingerprint density at radius 2 is 1.69 bits per heavy atom. The second-order valence-corrected chi connectivity index (χ2v) is 5.56. The summed E-state index contributed by atoms with van der Waals surface area (Å²) in [5.74, 6) is 0.0330. The number of hydrogen-bond donors (Lipinski definition) is 0. The van der Waals surface area contributed by atoms with Gasteiger partial charge in [-0.05, 0) is 24.3 Å². The summed E-state index contributed by atoms with van der Waals surface area (Å²) in [5.41, 5.74) is 2.00. The molecule has 1 heterocycles. The molecule has 0 unspecified atom stereocenters. The number of rotatable bonds is 5. The van der Waals surface area contributed by atoms with Crippen LogP contribution in [-0.2, 0) is 0 Å². The smallest absolute Gasteiger partial charge is 0.280 e. The average Bonchev–Trinajstić information content (AvgIpc) is 3.10. The van der Waals surface area contributed by atoms with Crippen LogP contribution in [0.15, 0.2) is 84.9 Å². The van der Waals surface area contributed by atoms with Crippen LogP contribution in [0.2, 0.25) is 0 Å². The van der Waals surface area contributed by atoms with E-state index in [9.17, 15) is 4.79 Å². The van der Waals surface area contributed by atoms with Crippen molar-refractivity contribution in [2.45, 2.75) is 0 Å². The molecule has 0 bridgehead atoms. The molecular weight excluding hydrogens is 326 g/mol. The van der Waals surface area contributed by atoms with Gasteiger partial charge < -0.3 is 4.90 Å². The third kappa shape index (κ3) is 3.59. The first kappa shape index (κ1) is 17.3. The first-order valence-electron chi connectivity index (χ1n) is 8.20. The maximum atomic E-state index is 12.7. The molecule has 6 nitrogen and oxygen atoms in total. The van der Waals surface area contributed by atoms with E-state index in [4.69, 9.17) is 0 Å². The van der Waals surface area contributed by atoms with Crippen LogP contribution >= 0.6 is 0 Å². The summed E-state index contributed by atoms with van der Waals surface area (Å²) in [6.07, 6.45) is 3.48. The van der Waals surface area contributed by atoms with Gasteiger partial charge in [0.2, 0.25) is 5.96 Å². The summed E-state index contributed by atoms with van der Waals surface area (Å²) in [7, 11) is 0. The molecule has 0 saturated carbocycles. The lowest BCUT2D eigenvalue weighted by Gasteiger charge is -2.22. The number of aliphatic imine (C=N–C) groups is 1. The van der Waals surface area contributed by atoms with Gasteiger partial charge in [0.15, 0.2) is 0 Å². The van der Waals surface area contributed by atoms with Gasteiger partial charge in [0.25, 0.3) is 5.91 Å². The van der Waals surface area contributed by atoms with E-state index in [0.29, 0.717) is 24.6 Å². The number of fused-ring (bicyclic) bond motifs is 1. The molecule has 3 aromatic rings. The van der Waals surface area contributed by atoms with Gasteiger partial charge in [-0.2, -0.15) is 9.67 Å². The fourth-order valence-electron chi connectivity index (χ4n) is 2.55. The maximum Gasteiger partial charge on any atom is 0.280 e. The highest BCUT2D eigenvalue weighted by atomic mass is 16.1. The number of para-hydroxylation sites is 1. The number of amides is 1. The molecule has 26 heavy (non-hydrogen) atoms. The van der Waals surface area contributed by atoms with E-state index < -0.39 is 0 Å². The van der Waals surface area contributed by atoms with Crippen LogP contribution in [0.3, 0.4) is 0 Å². The summed E-state index contributed by atoms with van der Waals surface area (Å²) in [6, 6.07) is 16.5. The van der Waals surface area contributed by atoms with Gasteiger partial charge in [-0.15, -0.1) is 18.3 Å². The van der Waals surface area contributed by atoms with Crippen LogP contribution in [0.25, 0.3) is 11.0 Å². The fourth-order valence-corrected chi connectivity index (χ4v) is 2.55. The van der Waals surface area contributed by atoms with E-state index >= 15 is 0 Å². The van der Waals surface area contributed by atoms with E-state index in [1.165, 1.54) is 0 Å². The number of aromatic nitrogens is 3. The normalized spacial score (nSPS) is 11.3. The Kier molecular flexibility index (Phi) is 5.34. The van der Waals surface area contributed by atoms with Crippen molar-refractivity contribution in [3.05, 3.63) is 85.5 Å². The Hall–Kier alpha value is -3.54. The largest absolute Gasteiger partial charge is 0.333 e. The second-order valence-electron chi connectivity index (χ2n) is 5.56. The molecule has 0 atom stereocenters. The highest BCUT2D eigenvalue weighted by Crippen LogP contribution is 2.12. The van der Waals surface area contributed by atoms with Crippen molar-refractivity contribution in [1.82, 2.24) is 19.9 Å². The predicted octanol–water partition coefficient (Wildman–Crippen LogP) is 3.15. The van der Waals surface area contributed by atoms with Gasteiger partial charge in [0.1, 0.15) is 5.52 Å². The topological polar surface area (TPSA) is 63.4 Å². The van der Waals surface area contributed by atoms with Gasteiger partial charge in [-0.25, -0.2) is 0 Å². The molecule has 1 amide bonds. The second kappa shape index (κ2) is 8.02. The Bertz CT molecular complexity index is 949. The highest BCUT2D eigenvalue weighted by Gasteiger charge is 2.18. The number of carbonyl (C=O) groups excluding carboxylic acids is 1. The molecule has 130 valence electrons. The molecule has 0 fully saturated rings. The van der Waals surface area contributed by atoms with Crippen molar-refractivity contribution in [2.24, 2.45) is 4.99 Å². The zero-order chi connectivity index (χ0) is 18.4. The predicted molar refractivity (Wildman–Crippen MR) is 103 cm³/mol. The number of carbonyl (C=O) groups is 1. The molecule has 3 rings (SSSR count). The van der Waals surface area contributed by atoms with Gasteiger partial charge in [0.05, 0.1) is 5.52 Å². The molecule has 1 aromatic heterocycles. The van der Waals surface area contributed by atoms with Crippen LogP contribution in [-0.4, -0.2) is 44.9 Å². The molecular formula is C20H19N5O. The quantitative estimate of drug-likeness (QED) is 0.405. The van der Waals surface area contributed by atoms with Crippen molar-refractivity contribution in [2.75, 3.05) is 13.1 Å². The number of benzene rings is 2. The standard InChI is InChI=1S/C20H19N5O/c1-3-14-24(15-4-2)20(21-19(26)16-10-6-5-7-11-16)25-18-13-9-8-12-17(18)22-23-25/h3-13H,1-2,14-15H2. The lowest BCUT2D eigenvalue weighted by atomic mass is 10.2. The van der Waals surface area contributed by atoms with Crippen LogP contribution in [0.5, 0.6) is 0 Å². The third-order valence-corrected chi connectivity index (χ3v) is 3.75. The Balaban J connectivity index is 2.12. The summed E-state index contributed by atoms with van der Waals surface area (Å²) >= 11 is 0. The Labute approximate surface area is 151 Å². The Morgan fingerprint density at radius 3 is 2.38 bits per heavy atom. The molecule has 6 heteroatoms. The number of hydrogen-bond acceptors (Lipinski definition) is 3. The molecule has 0 saturated heterocycles. The van der Waals surface area contributed by atoms with Crippen molar-refractivity contribution in [3.8, 4) is 0 Å². The molecule has 2 aromatic carbocycles. The SMILES string of the molecule is C=CCN(CC=C)C(=NC(=O)c1ccccc1)n1nnc2ccccc21.